The number of nitrogens with zero attached hydrogens (tertiary/aromatic N) is 9. The van der Waals surface area contributed by atoms with E-state index >= 15 is 18.4 Å². The van der Waals surface area contributed by atoms with Crippen molar-refractivity contribution in [3.8, 4) is 17.2 Å². The van der Waals surface area contributed by atoms with Crippen LogP contribution in [0.25, 0.3) is 39.0 Å². The van der Waals surface area contributed by atoms with Crippen molar-refractivity contribution in [1.29, 1.82) is 0 Å². The van der Waals surface area contributed by atoms with Crippen LogP contribution < -0.4 is 11.4 Å². The van der Waals surface area contributed by atoms with Gasteiger partial charge in [-0.25, -0.2) is 23.1 Å². The van der Waals surface area contributed by atoms with Gasteiger partial charge in [0.1, 0.15) is 22.9 Å². The lowest BCUT2D eigenvalue weighted by Crippen LogP contribution is -2.58. The molecule has 4 atom stereocenters. The number of carbonyl (C=O) groups is 1. The minimum atomic E-state index is -2.71. The Morgan fingerprint density at radius 1 is 0.957 bits per heavy atom. The number of benzene rings is 3. The Morgan fingerprint density at radius 2 is 1.70 bits per heavy atom. The molecule has 0 radical (unpaired) electrons. The summed E-state index contributed by atoms with van der Waals surface area (Å²) >= 11 is 0. The third-order valence-electron chi connectivity index (χ3n) is 15.9. The molecule has 70 heavy (non-hydrogen) atoms. The molecule has 5 aromatic heterocycles. The Morgan fingerprint density at radius 3 is 2.40 bits per heavy atom. The lowest BCUT2D eigenvalue weighted by molar-refractivity contribution is -0.0592. The van der Waals surface area contributed by atoms with Crippen molar-refractivity contribution in [2.75, 3.05) is 20.2 Å². The van der Waals surface area contributed by atoms with Crippen LogP contribution >= 0.6 is 0 Å². The monoisotopic (exact) mass is 955 g/mol. The van der Waals surface area contributed by atoms with E-state index in [1.807, 2.05) is 30.5 Å². The van der Waals surface area contributed by atoms with E-state index in [0.717, 1.165) is 29.3 Å². The summed E-state index contributed by atoms with van der Waals surface area (Å²) in [6, 6.07) is 13.8. The number of nitrogens with one attached hydrogen (secondary N) is 1. The highest BCUT2D eigenvalue weighted by Crippen LogP contribution is 2.57. The van der Waals surface area contributed by atoms with E-state index in [-0.39, 0.29) is 65.4 Å². The zero-order valence-corrected chi connectivity index (χ0v) is 39.8. The van der Waals surface area contributed by atoms with Crippen molar-refractivity contribution in [3.63, 3.8) is 0 Å². The largest absolute Gasteiger partial charge is 0.438 e. The Bertz CT molecular complexity index is 3700. The molecule has 0 unspecified atom stereocenters. The lowest BCUT2D eigenvalue weighted by atomic mass is 9.61. The fraction of sp³-hybridized carbons (Fsp3) is 0.423. The predicted molar refractivity (Wildman–Crippen MR) is 255 cm³/mol. The molecule has 16 nitrogen and oxygen atoms in total. The number of fused-ring (bicyclic) bond motifs is 4. The van der Waals surface area contributed by atoms with Crippen molar-refractivity contribution >= 4 is 27.7 Å². The summed E-state index contributed by atoms with van der Waals surface area (Å²) in [4.78, 5) is 48.3. The van der Waals surface area contributed by atoms with Gasteiger partial charge in [-0.2, -0.15) is 10.2 Å². The van der Waals surface area contributed by atoms with Crippen LogP contribution in [0, 0.1) is 31.4 Å². The van der Waals surface area contributed by atoms with Crippen LogP contribution in [-0.2, 0) is 27.5 Å². The summed E-state index contributed by atoms with van der Waals surface area (Å²) in [7, 11) is -1.01. The van der Waals surface area contributed by atoms with Crippen LogP contribution in [0.5, 0.6) is 0 Å². The third-order valence-corrected chi connectivity index (χ3v) is 15.9. The molecule has 2 saturated carbocycles. The minimum Gasteiger partial charge on any atom is -0.381 e. The summed E-state index contributed by atoms with van der Waals surface area (Å²) in [5.41, 5.74) is 1.85. The van der Waals surface area contributed by atoms with Gasteiger partial charge in [0.2, 0.25) is 0 Å². The Labute approximate surface area is 404 Å². The molecular formula is C52H54F2N10O6. The van der Waals surface area contributed by atoms with Crippen molar-refractivity contribution in [2.45, 2.75) is 108 Å². The molecular weight excluding hydrogens is 899 g/mol. The third kappa shape index (κ3) is 6.37. The number of halogens is 2. The number of amides is 1. The maximum atomic E-state index is 16.4. The molecule has 8 aromatic rings. The second kappa shape index (κ2) is 15.3. The van der Waals surface area contributed by atoms with Crippen LogP contribution in [0.15, 0.2) is 81.2 Å². The van der Waals surface area contributed by atoms with Gasteiger partial charge in [-0.1, -0.05) is 18.1 Å². The number of rotatable bonds is 8. The van der Waals surface area contributed by atoms with Gasteiger partial charge in [0.05, 0.1) is 56.0 Å². The van der Waals surface area contributed by atoms with E-state index in [0.29, 0.717) is 52.3 Å². The van der Waals surface area contributed by atoms with Crippen LogP contribution in [0.2, 0.25) is 0 Å². The highest BCUT2D eigenvalue weighted by Gasteiger charge is 2.60. The van der Waals surface area contributed by atoms with Gasteiger partial charge in [0, 0.05) is 61.5 Å². The van der Waals surface area contributed by atoms with Crippen molar-refractivity contribution < 1.29 is 31.7 Å². The Hall–Kier alpha value is -6.92. The summed E-state index contributed by atoms with van der Waals surface area (Å²) in [5, 5.41) is 14.7. The molecule has 362 valence electrons. The SMILES string of the molecule is [2H]C([2H])([2H])OC1CC2(C1)CN(C(=O)c1cc3cc([C@H]4CCOC(C)(C)C4)ccc3n1[C@@]1(c3noc(=O)[nH]3)C[C@@H]1C)[C@@H](C)c1c2nn(-c2cc(C)c(F)c(C)c2)c1-n1ccn(-c2ccc3c(cnn3C)c2F)c1=O. The van der Waals surface area contributed by atoms with Gasteiger partial charge in [-0.3, -0.25) is 28.1 Å². The average Bonchev–Trinajstić information content (AvgIpc) is 3.96. The highest BCUT2D eigenvalue weighted by atomic mass is 19.1. The Balaban J connectivity index is 1.06. The molecule has 1 spiro atoms. The molecule has 1 amide bonds. The molecule has 1 saturated heterocycles. The molecule has 7 heterocycles. The summed E-state index contributed by atoms with van der Waals surface area (Å²) < 4.78 is 80.2. The van der Waals surface area contributed by atoms with E-state index in [9.17, 15) is 4.79 Å². The highest BCUT2D eigenvalue weighted by molar-refractivity contribution is 6.00. The summed E-state index contributed by atoms with van der Waals surface area (Å²) in [6.07, 6.45) is 6.14. The van der Waals surface area contributed by atoms with Crippen LogP contribution in [-0.4, -0.2) is 86.1 Å². The van der Waals surface area contributed by atoms with E-state index in [2.05, 4.69) is 41.2 Å². The molecule has 4 aliphatic rings. The number of aromatic nitrogens is 9. The summed E-state index contributed by atoms with van der Waals surface area (Å²) in [6.45, 7) is 12.0. The van der Waals surface area contributed by atoms with Crippen LogP contribution in [0.4, 0.5) is 8.78 Å². The van der Waals surface area contributed by atoms with Crippen molar-refractivity contribution in [2.24, 2.45) is 13.0 Å². The number of aryl methyl sites for hydroxylation is 3. The number of methoxy groups -OCH3 is 1. The molecule has 1 N–H and O–H groups in total. The smallest absolute Gasteiger partial charge is 0.381 e. The number of hydrogen-bond acceptors (Lipinski definition) is 9. The van der Waals surface area contributed by atoms with Gasteiger partial charge >= 0.3 is 11.4 Å². The topological polar surface area (TPSA) is 165 Å². The maximum Gasteiger partial charge on any atom is 0.438 e. The number of hydrogen-bond donors (Lipinski definition) is 1. The van der Waals surface area contributed by atoms with Gasteiger partial charge in [-0.15, -0.1) is 0 Å². The van der Waals surface area contributed by atoms with E-state index in [4.69, 9.17) is 23.2 Å². The van der Waals surface area contributed by atoms with Crippen LogP contribution in [0.3, 0.4) is 0 Å². The van der Waals surface area contributed by atoms with Crippen molar-refractivity contribution in [3.05, 3.63) is 139 Å². The van der Waals surface area contributed by atoms with E-state index in [1.165, 1.54) is 38.5 Å². The minimum absolute atomic E-state index is 0.0177. The quantitative estimate of drug-likeness (QED) is 0.159. The molecule has 3 aromatic carbocycles. The average molecular weight is 956 g/mol. The van der Waals surface area contributed by atoms with Crippen LogP contribution in [0.1, 0.15) is 120 Å². The van der Waals surface area contributed by atoms with Gasteiger partial charge in [-0.05, 0) is 138 Å². The Kier molecular flexibility index (Phi) is 8.94. The first-order chi connectivity index (χ1) is 34.6. The first kappa shape index (κ1) is 40.9. The normalized spacial score (nSPS) is 25.8. The first-order valence-corrected chi connectivity index (χ1v) is 23.7. The number of H-pyrrole nitrogens is 1. The second-order valence-electron chi connectivity index (χ2n) is 20.8. The number of imidazole rings is 1. The fourth-order valence-electron chi connectivity index (χ4n) is 12.2. The zero-order valence-electron chi connectivity index (χ0n) is 42.8. The molecule has 12 rings (SSSR count). The van der Waals surface area contributed by atoms with Gasteiger partial charge in [0.25, 0.3) is 5.91 Å². The molecule has 2 aliphatic heterocycles. The predicted octanol–water partition coefficient (Wildman–Crippen LogP) is 7.95. The second-order valence-corrected chi connectivity index (χ2v) is 20.8. The maximum absolute atomic E-state index is 16.4. The lowest BCUT2D eigenvalue weighted by Gasteiger charge is -2.53. The van der Waals surface area contributed by atoms with E-state index < -0.39 is 53.2 Å². The zero-order chi connectivity index (χ0) is 51.4. The van der Waals surface area contributed by atoms with Gasteiger partial charge < -0.3 is 18.9 Å². The van der Waals surface area contributed by atoms with Gasteiger partial charge in [0.15, 0.2) is 11.6 Å². The number of carbonyl (C=O) groups excluding carboxylic acids is 1. The van der Waals surface area contributed by atoms with Crippen molar-refractivity contribution in [1.82, 2.24) is 48.3 Å². The molecule has 2 aliphatic carbocycles. The standard InChI is InChI=1S/C52H54F2N10O6/c1-27-17-34(18-28(2)42(27)53)64-45(61-15-14-60(49(61)67)39-12-11-38-36(43(39)54)25-55-59(38)7)41-30(4)62(26-51(44(41)57-64)23-35(24-51)68-8)46(65)40-20-33-19-31(32-13-16-69-50(5,6)22-32)9-10-37(33)63(40)52(21-29(52)3)47-56-48(66)70-58-47/h9-12,14-15,17-20,25,29-30,32,35H,13,16,21-24,26H2,1-8H3,(H,56,58,66)/t29-,30-,32-,35?,51?,52-/m0/s1/i8D3. The number of aromatic amines is 1. The summed E-state index contributed by atoms with van der Waals surface area (Å²) in [5.74, 6) is -1.52. The fourth-order valence-corrected chi connectivity index (χ4v) is 12.2. The molecule has 0 bridgehead atoms. The van der Waals surface area contributed by atoms with E-state index in [1.54, 1.807) is 48.7 Å². The first-order valence-electron chi connectivity index (χ1n) is 25.2. The number of ether oxygens (including phenoxy) is 2. The molecule has 18 heteroatoms. The molecule has 3 fully saturated rings.